The molecule has 3 aromatic rings. The molecule has 4 heterocycles. The number of benzene rings is 1. The van der Waals surface area contributed by atoms with Gasteiger partial charge < -0.3 is 9.32 Å². The van der Waals surface area contributed by atoms with Crippen molar-refractivity contribution >= 4 is 23.1 Å². The Balaban J connectivity index is 1.48. The highest BCUT2D eigenvalue weighted by Crippen LogP contribution is 2.50. The lowest BCUT2D eigenvalue weighted by atomic mass is 9.73. The Morgan fingerprint density at radius 2 is 1.85 bits per heavy atom. The van der Waals surface area contributed by atoms with Crippen LogP contribution >= 0.6 is 0 Å². The van der Waals surface area contributed by atoms with Crippen molar-refractivity contribution in [3.05, 3.63) is 66.2 Å². The molecule has 2 aromatic heterocycles. The number of aromatic nitrogens is 2. The van der Waals surface area contributed by atoms with E-state index >= 15 is 0 Å². The van der Waals surface area contributed by atoms with Crippen LogP contribution in [0.15, 0.2) is 59.4 Å². The molecule has 0 saturated carbocycles. The van der Waals surface area contributed by atoms with E-state index < -0.39 is 5.41 Å². The largest absolute Gasteiger partial charge is 0.470 e. The molecule has 6 nitrogen and oxygen atoms in total. The Bertz CT molecular complexity index is 974. The first-order valence-corrected chi connectivity index (χ1v) is 9.21. The van der Waals surface area contributed by atoms with Crippen LogP contribution in [-0.4, -0.2) is 29.2 Å². The Hall–Kier alpha value is -3.15. The van der Waals surface area contributed by atoms with Gasteiger partial charge >= 0.3 is 0 Å². The molecule has 2 aliphatic rings. The third kappa shape index (κ3) is 2.36. The highest BCUT2D eigenvalue weighted by Gasteiger charge is 2.52. The fourth-order valence-corrected chi connectivity index (χ4v) is 4.31. The number of piperidine rings is 1. The second-order valence-corrected chi connectivity index (χ2v) is 7.24. The van der Waals surface area contributed by atoms with Gasteiger partial charge in [-0.25, -0.2) is 0 Å². The third-order valence-corrected chi connectivity index (χ3v) is 5.76. The van der Waals surface area contributed by atoms with E-state index in [1.54, 1.807) is 17.4 Å². The summed E-state index contributed by atoms with van der Waals surface area (Å²) in [7, 11) is 0. The van der Waals surface area contributed by atoms with Crippen LogP contribution < -0.4 is 9.80 Å². The Kier molecular flexibility index (Phi) is 3.53. The lowest BCUT2D eigenvalue weighted by Gasteiger charge is -2.38. The van der Waals surface area contributed by atoms with Gasteiger partial charge in [-0.15, -0.1) is 5.10 Å². The van der Waals surface area contributed by atoms with Gasteiger partial charge in [-0.3, -0.25) is 9.69 Å². The minimum Gasteiger partial charge on any atom is -0.470 e. The highest BCUT2D eigenvalue weighted by molar-refractivity contribution is 6.13. The van der Waals surface area contributed by atoms with E-state index in [1.165, 1.54) is 0 Å². The molecule has 6 heteroatoms. The maximum absolute atomic E-state index is 13.6. The fourth-order valence-electron chi connectivity index (χ4n) is 4.31. The van der Waals surface area contributed by atoms with Crippen LogP contribution in [0.3, 0.4) is 0 Å². The molecule has 0 bridgehead atoms. The van der Waals surface area contributed by atoms with E-state index in [-0.39, 0.29) is 5.91 Å². The molecule has 0 atom stereocenters. The molecule has 1 fully saturated rings. The topological polar surface area (TPSA) is 62.5 Å². The molecule has 1 amide bonds. The quantitative estimate of drug-likeness (QED) is 0.699. The SMILES string of the molecule is Cc1ccc(N2CCC3(CC2)C(=O)N(c2ccoc2)c2ccccc23)nn1. The number of hydrogen-bond donors (Lipinski definition) is 0. The van der Waals surface area contributed by atoms with Crippen molar-refractivity contribution in [3.63, 3.8) is 0 Å². The van der Waals surface area contributed by atoms with Crippen molar-refractivity contribution in [1.82, 2.24) is 10.2 Å². The normalized spacial score (nSPS) is 18.2. The summed E-state index contributed by atoms with van der Waals surface area (Å²) in [4.78, 5) is 17.6. The van der Waals surface area contributed by atoms with Gasteiger partial charge in [0.2, 0.25) is 5.91 Å². The molecule has 5 rings (SSSR count). The number of furan rings is 1. The summed E-state index contributed by atoms with van der Waals surface area (Å²) in [5.41, 5.74) is 3.29. The van der Waals surface area contributed by atoms with Crippen LogP contribution in [0.4, 0.5) is 17.2 Å². The van der Waals surface area contributed by atoms with Gasteiger partial charge in [0.25, 0.3) is 0 Å². The third-order valence-electron chi connectivity index (χ3n) is 5.76. The molecule has 2 aliphatic heterocycles. The van der Waals surface area contributed by atoms with Gasteiger partial charge in [-0.2, -0.15) is 5.10 Å². The smallest absolute Gasteiger partial charge is 0.242 e. The predicted molar refractivity (Wildman–Crippen MR) is 102 cm³/mol. The fraction of sp³-hybridized carbons (Fsp3) is 0.286. The van der Waals surface area contributed by atoms with Crippen LogP contribution in [0, 0.1) is 6.92 Å². The number of fused-ring (bicyclic) bond motifs is 2. The van der Waals surface area contributed by atoms with E-state index in [0.29, 0.717) is 0 Å². The number of amides is 1. The zero-order valence-electron chi connectivity index (χ0n) is 15.1. The Morgan fingerprint density at radius 3 is 2.56 bits per heavy atom. The summed E-state index contributed by atoms with van der Waals surface area (Å²) in [6, 6.07) is 13.9. The molecule has 0 unspecified atom stereocenters. The molecular formula is C21H20N4O2. The van der Waals surface area contributed by atoms with Crippen molar-refractivity contribution in [3.8, 4) is 0 Å². The first-order valence-electron chi connectivity index (χ1n) is 9.21. The first kappa shape index (κ1) is 16.1. The van der Waals surface area contributed by atoms with E-state index in [4.69, 9.17) is 4.42 Å². The van der Waals surface area contributed by atoms with Gasteiger partial charge in [0.15, 0.2) is 5.82 Å². The minimum absolute atomic E-state index is 0.139. The number of rotatable bonds is 2. The van der Waals surface area contributed by atoms with Crippen molar-refractivity contribution in [1.29, 1.82) is 0 Å². The molecule has 27 heavy (non-hydrogen) atoms. The summed E-state index contributed by atoms with van der Waals surface area (Å²) < 4.78 is 5.23. The Morgan fingerprint density at radius 1 is 1.04 bits per heavy atom. The second-order valence-electron chi connectivity index (χ2n) is 7.24. The number of nitrogens with zero attached hydrogens (tertiary/aromatic N) is 4. The van der Waals surface area contributed by atoms with Crippen molar-refractivity contribution in [2.45, 2.75) is 25.2 Å². The van der Waals surface area contributed by atoms with Crippen LogP contribution in [0.2, 0.25) is 0 Å². The molecule has 0 radical (unpaired) electrons. The van der Waals surface area contributed by atoms with E-state index in [9.17, 15) is 4.79 Å². The molecule has 1 saturated heterocycles. The average molecular weight is 360 g/mol. The summed E-state index contributed by atoms with van der Waals surface area (Å²) in [6.07, 6.45) is 4.75. The minimum atomic E-state index is -0.484. The van der Waals surface area contributed by atoms with Gasteiger partial charge in [-0.1, -0.05) is 18.2 Å². The second kappa shape index (κ2) is 5.94. The standard InChI is InChI=1S/C21H20N4O2/c1-15-6-7-19(23-22-15)24-11-9-21(10-12-24)17-4-2-3-5-18(17)25(20(21)26)16-8-13-27-14-16/h2-8,13-14H,9-12H2,1H3. The number of hydrogen-bond acceptors (Lipinski definition) is 5. The number of carbonyl (C=O) groups excluding carboxylic acids is 1. The maximum Gasteiger partial charge on any atom is 0.242 e. The molecule has 1 aromatic carbocycles. The highest BCUT2D eigenvalue weighted by atomic mass is 16.3. The number of anilines is 3. The molecule has 1 spiro atoms. The van der Waals surface area contributed by atoms with Crippen molar-refractivity contribution in [2.75, 3.05) is 22.9 Å². The maximum atomic E-state index is 13.6. The lowest BCUT2D eigenvalue weighted by molar-refractivity contribution is -0.123. The first-order chi connectivity index (χ1) is 13.2. The van der Waals surface area contributed by atoms with Gasteiger partial charge in [-0.05, 0) is 43.5 Å². The summed E-state index contributed by atoms with van der Waals surface area (Å²) in [6.45, 7) is 3.48. The van der Waals surface area contributed by atoms with Gasteiger partial charge in [0.1, 0.15) is 6.26 Å². The molecule has 136 valence electrons. The van der Waals surface area contributed by atoms with Crippen molar-refractivity contribution < 1.29 is 9.21 Å². The van der Waals surface area contributed by atoms with Crippen LogP contribution in [0.5, 0.6) is 0 Å². The zero-order chi connectivity index (χ0) is 18.4. The van der Waals surface area contributed by atoms with E-state index in [0.717, 1.165) is 54.4 Å². The number of carbonyl (C=O) groups is 1. The predicted octanol–water partition coefficient (Wildman–Crippen LogP) is 3.59. The lowest BCUT2D eigenvalue weighted by Crippen LogP contribution is -2.48. The Labute approximate surface area is 157 Å². The van der Waals surface area contributed by atoms with Gasteiger partial charge in [0.05, 0.1) is 28.7 Å². The van der Waals surface area contributed by atoms with Crippen molar-refractivity contribution in [2.24, 2.45) is 0 Å². The zero-order valence-corrected chi connectivity index (χ0v) is 15.1. The van der Waals surface area contributed by atoms with Crippen LogP contribution in [-0.2, 0) is 10.2 Å². The monoisotopic (exact) mass is 360 g/mol. The molecule has 0 aliphatic carbocycles. The van der Waals surface area contributed by atoms with Crippen LogP contribution in [0.1, 0.15) is 24.1 Å². The summed E-state index contributed by atoms with van der Waals surface area (Å²) >= 11 is 0. The summed E-state index contributed by atoms with van der Waals surface area (Å²) in [5, 5.41) is 8.47. The van der Waals surface area contributed by atoms with E-state index in [2.05, 4.69) is 21.2 Å². The van der Waals surface area contributed by atoms with Crippen LogP contribution in [0.25, 0.3) is 0 Å². The number of aryl methyl sites for hydroxylation is 1. The number of para-hydroxylation sites is 1. The molecule has 0 N–H and O–H groups in total. The molecular weight excluding hydrogens is 340 g/mol. The summed E-state index contributed by atoms with van der Waals surface area (Å²) in [5.74, 6) is 1.01. The average Bonchev–Trinajstić information content (AvgIpc) is 3.30. The van der Waals surface area contributed by atoms with E-state index in [1.807, 2.05) is 43.3 Å². The van der Waals surface area contributed by atoms with Gasteiger partial charge in [0, 0.05) is 19.2 Å².